The number of alkyl halides is 2. The van der Waals surface area contributed by atoms with Gasteiger partial charge in [0.25, 0.3) is 0 Å². The Morgan fingerprint density at radius 2 is 1.52 bits per heavy atom. The molecule has 0 radical (unpaired) electrons. The first kappa shape index (κ1) is 18.8. The average Bonchev–Trinajstić information content (AvgIpc) is 3.23. The van der Waals surface area contributed by atoms with Gasteiger partial charge in [-0.1, -0.05) is 41.5 Å². The fraction of sp³-hybridized carbons (Fsp3) is 0.400. The maximum absolute atomic E-state index is 13.6. The second-order valence-electron chi connectivity index (χ2n) is 10.4. The predicted octanol–water partition coefficient (Wildman–Crippen LogP) is 6.56. The lowest BCUT2D eigenvalue weighted by Crippen LogP contribution is -2.42. The summed E-state index contributed by atoms with van der Waals surface area (Å²) in [5.41, 5.74) is 5.32. The summed E-state index contributed by atoms with van der Waals surface area (Å²) in [5, 5.41) is 1.31. The molecule has 2 aromatic carbocycles. The third kappa shape index (κ3) is 2.06. The van der Waals surface area contributed by atoms with Crippen molar-refractivity contribution in [1.29, 1.82) is 0 Å². The van der Waals surface area contributed by atoms with E-state index >= 15 is 0 Å². The predicted molar refractivity (Wildman–Crippen MR) is 116 cm³/mol. The van der Waals surface area contributed by atoms with Crippen LogP contribution in [0.1, 0.15) is 52.7 Å². The van der Waals surface area contributed by atoms with Gasteiger partial charge in [0, 0.05) is 17.0 Å². The number of aromatic nitrogens is 2. The lowest BCUT2D eigenvalue weighted by molar-refractivity contribution is -0.286. The molecule has 0 saturated carbocycles. The minimum Gasteiger partial charge on any atom is -0.395 e. The second-order valence-corrected chi connectivity index (χ2v) is 10.4. The third-order valence-corrected chi connectivity index (χ3v) is 8.54. The molecule has 0 saturated heterocycles. The molecule has 0 unspecified atom stereocenters. The molecule has 0 atom stereocenters. The van der Waals surface area contributed by atoms with Crippen molar-refractivity contribution in [3.8, 4) is 11.5 Å². The van der Waals surface area contributed by atoms with Crippen molar-refractivity contribution in [3.63, 3.8) is 0 Å². The quantitative estimate of drug-likeness (QED) is 0.322. The number of fused-ring (bicyclic) bond motifs is 8. The molecule has 31 heavy (non-hydrogen) atoms. The molecule has 1 aliphatic heterocycles. The van der Waals surface area contributed by atoms with E-state index in [2.05, 4.69) is 58.4 Å². The number of hydrogen-bond donors (Lipinski definition) is 0. The van der Waals surface area contributed by atoms with Crippen molar-refractivity contribution in [2.45, 2.75) is 58.7 Å². The van der Waals surface area contributed by atoms with Crippen LogP contribution in [0.15, 0.2) is 36.5 Å². The Kier molecular flexibility index (Phi) is 3.11. The van der Waals surface area contributed by atoms with Gasteiger partial charge in [-0.05, 0) is 57.7 Å². The van der Waals surface area contributed by atoms with Gasteiger partial charge in [0.1, 0.15) is 5.65 Å². The van der Waals surface area contributed by atoms with Crippen LogP contribution < -0.4 is 9.47 Å². The highest BCUT2D eigenvalue weighted by Gasteiger charge is 2.57. The van der Waals surface area contributed by atoms with E-state index in [0.29, 0.717) is 11.0 Å². The van der Waals surface area contributed by atoms with E-state index < -0.39 is 6.29 Å². The molecule has 0 N–H and O–H groups in total. The Bertz CT molecular complexity index is 1450. The highest BCUT2D eigenvalue weighted by atomic mass is 19.3. The van der Waals surface area contributed by atoms with Crippen molar-refractivity contribution in [2.24, 2.45) is 5.41 Å². The lowest BCUT2D eigenvalue weighted by atomic mass is 9.59. The third-order valence-electron chi connectivity index (χ3n) is 8.54. The van der Waals surface area contributed by atoms with Crippen LogP contribution in [-0.4, -0.2) is 15.7 Å². The molecule has 6 heteroatoms. The molecule has 2 aliphatic rings. The number of benzene rings is 2. The second kappa shape index (κ2) is 5.12. The highest BCUT2D eigenvalue weighted by molar-refractivity contribution is 6.02. The zero-order valence-corrected chi connectivity index (χ0v) is 18.4. The molecule has 0 bridgehead atoms. The first-order chi connectivity index (χ1) is 14.4. The number of pyridine rings is 1. The van der Waals surface area contributed by atoms with Crippen molar-refractivity contribution < 1.29 is 18.3 Å². The Hall–Kier alpha value is -2.89. The average molecular weight is 422 g/mol. The summed E-state index contributed by atoms with van der Waals surface area (Å²) in [6.45, 7) is 13.9. The SMILES string of the molecule is CC1(C)c2cc3nc4c5ccc6c(c5ccn4c3cc2C(C)(C)C1(C)C)OC(F)(F)O6. The molecule has 160 valence electrons. The van der Waals surface area contributed by atoms with E-state index in [9.17, 15) is 8.78 Å². The molecule has 0 spiro atoms. The van der Waals surface area contributed by atoms with E-state index in [0.717, 1.165) is 16.4 Å². The van der Waals surface area contributed by atoms with Crippen LogP contribution in [0.3, 0.4) is 0 Å². The molecule has 4 nitrogen and oxygen atoms in total. The van der Waals surface area contributed by atoms with Gasteiger partial charge in [0.15, 0.2) is 11.5 Å². The smallest absolute Gasteiger partial charge is 0.395 e. The van der Waals surface area contributed by atoms with Crippen molar-refractivity contribution in [3.05, 3.63) is 47.7 Å². The van der Waals surface area contributed by atoms with Gasteiger partial charge in [0.05, 0.1) is 11.0 Å². The lowest BCUT2D eigenvalue weighted by Gasteiger charge is -2.44. The molecule has 3 heterocycles. The van der Waals surface area contributed by atoms with Gasteiger partial charge in [-0.3, -0.25) is 4.40 Å². The normalized spacial score (nSPS) is 21.8. The highest BCUT2D eigenvalue weighted by Crippen LogP contribution is 2.62. The summed E-state index contributed by atoms with van der Waals surface area (Å²) in [5.74, 6) is 0.103. The topological polar surface area (TPSA) is 35.8 Å². The largest absolute Gasteiger partial charge is 0.586 e. The number of rotatable bonds is 0. The number of hydrogen-bond acceptors (Lipinski definition) is 3. The zero-order valence-electron chi connectivity index (χ0n) is 18.4. The van der Waals surface area contributed by atoms with Crippen LogP contribution in [0, 0.1) is 5.41 Å². The van der Waals surface area contributed by atoms with E-state index in [4.69, 9.17) is 9.72 Å². The van der Waals surface area contributed by atoms with Crippen LogP contribution in [0.5, 0.6) is 11.5 Å². The van der Waals surface area contributed by atoms with Gasteiger partial charge < -0.3 is 9.47 Å². The van der Waals surface area contributed by atoms with E-state index in [-0.39, 0.29) is 27.7 Å². The van der Waals surface area contributed by atoms with Crippen molar-refractivity contribution >= 4 is 27.5 Å². The van der Waals surface area contributed by atoms with Gasteiger partial charge in [-0.2, -0.15) is 0 Å². The molecule has 6 rings (SSSR count). The summed E-state index contributed by atoms with van der Waals surface area (Å²) in [4.78, 5) is 4.92. The molecular formula is C25H24F2N2O2. The summed E-state index contributed by atoms with van der Waals surface area (Å²) in [7, 11) is 0. The van der Waals surface area contributed by atoms with Crippen LogP contribution in [-0.2, 0) is 10.8 Å². The molecule has 0 amide bonds. The zero-order chi connectivity index (χ0) is 22.1. The molecule has 2 aromatic heterocycles. The van der Waals surface area contributed by atoms with Crippen LogP contribution >= 0.6 is 0 Å². The molecule has 4 aromatic rings. The number of nitrogens with zero attached hydrogens (tertiary/aromatic N) is 2. The first-order valence-electron chi connectivity index (χ1n) is 10.5. The fourth-order valence-corrected chi connectivity index (χ4v) is 5.51. The Labute approximate surface area is 178 Å². The van der Waals surface area contributed by atoms with Crippen molar-refractivity contribution in [2.75, 3.05) is 0 Å². The van der Waals surface area contributed by atoms with Crippen LogP contribution in [0.4, 0.5) is 8.78 Å². The summed E-state index contributed by atoms with van der Waals surface area (Å²) in [6, 6.07) is 9.55. The van der Waals surface area contributed by atoms with E-state index in [1.807, 2.05) is 10.6 Å². The van der Waals surface area contributed by atoms with Gasteiger partial charge in [-0.25, -0.2) is 4.98 Å². The van der Waals surface area contributed by atoms with Crippen LogP contribution in [0.2, 0.25) is 0 Å². The fourth-order valence-electron chi connectivity index (χ4n) is 5.51. The Balaban J connectivity index is 1.66. The number of halogens is 2. The minimum absolute atomic E-state index is 0.0153. The first-order valence-corrected chi connectivity index (χ1v) is 10.5. The van der Waals surface area contributed by atoms with E-state index in [1.165, 1.54) is 17.2 Å². The molecular weight excluding hydrogens is 398 g/mol. The van der Waals surface area contributed by atoms with Crippen LogP contribution in [0.25, 0.3) is 27.5 Å². The Morgan fingerprint density at radius 3 is 2.23 bits per heavy atom. The van der Waals surface area contributed by atoms with Gasteiger partial charge in [-0.15, -0.1) is 8.78 Å². The number of ether oxygens (including phenoxy) is 2. The Morgan fingerprint density at radius 1 is 0.839 bits per heavy atom. The monoisotopic (exact) mass is 422 g/mol. The number of imidazole rings is 1. The maximum atomic E-state index is 13.6. The standard InChI is InChI=1S/C25H24F2N2O2/c1-22(2)15-11-17-18(12-16(15)23(3,4)24(22,5)6)29-10-9-13-14(21(29)28-17)7-8-19-20(13)31-25(26,27)30-19/h7-12H,1-6H3. The van der Waals surface area contributed by atoms with Crippen molar-refractivity contribution in [1.82, 2.24) is 9.38 Å². The molecule has 0 fully saturated rings. The minimum atomic E-state index is -3.65. The summed E-state index contributed by atoms with van der Waals surface area (Å²) in [6.07, 6.45) is -1.77. The molecule has 1 aliphatic carbocycles. The maximum Gasteiger partial charge on any atom is 0.586 e. The van der Waals surface area contributed by atoms with E-state index in [1.54, 1.807) is 12.1 Å². The van der Waals surface area contributed by atoms with Gasteiger partial charge >= 0.3 is 6.29 Å². The van der Waals surface area contributed by atoms with Gasteiger partial charge in [0.2, 0.25) is 0 Å². The summed E-state index contributed by atoms with van der Waals surface area (Å²) >= 11 is 0. The summed E-state index contributed by atoms with van der Waals surface area (Å²) < 4.78 is 38.7.